The third-order valence-electron chi connectivity index (χ3n) is 3.02. The van der Waals surface area contributed by atoms with E-state index in [2.05, 4.69) is 42.2 Å². The first-order chi connectivity index (χ1) is 8.27. The van der Waals surface area contributed by atoms with Crippen molar-refractivity contribution in [3.05, 3.63) is 24.0 Å². The third-order valence-corrected chi connectivity index (χ3v) is 3.02. The van der Waals surface area contributed by atoms with Crippen LogP contribution in [0.3, 0.4) is 0 Å². The first kappa shape index (κ1) is 14.3. The summed E-state index contributed by atoms with van der Waals surface area (Å²) in [5.74, 6) is 0. The van der Waals surface area contributed by atoms with Gasteiger partial charge in [-0.1, -0.05) is 13.3 Å². The van der Waals surface area contributed by atoms with E-state index >= 15 is 0 Å². The molecule has 0 aromatic carbocycles. The molecule has 0 spiro atoms. The second-order valence-electron chi connectivity index (χ2n) is 4.56. The largest absolute Gasteiger partial charge is 0.385 e. The maximum absolute atomic E-state index is 5.03. The van der Waals surface area contributed by atoms with Gasteiger partial charge in [0.25, 0.3) is 0 Å². The quantitative estimate of drug-likeness (QED) is 0.669. The smallest absolute Gasteiger partial charge is 0.0474 e. The summed E-state index contributed by atoms with van der Waals surface area (Å²) in [4.78, 5) is 0. The van der Waals surface area contributed by atoms with Gasteiger partial charge < -0.3 is 14.6 Å². The van der Waals surface area contributed by atoms with E-state index < -0.39 is 0 Å². The van der Waals surface area contributed by atoms with Crippen molar-refractivity contribution in [1.82, 2.24) is 9.88 Å². The molecule has 1 aromatic rings. The summed E-state index contributed by atoms with van der Waals surface area (Å²) >= 11 is 0. The van der Waals surface area contributed by atoms with Crippen molar-refractivity contribution in [2.24, 2.45) is 0 Å². The molecule has 1 N–H and O–H groups in total. The molecule has 0 unspecified atom stereocenters. The summed E-state index contributed by atoms with van der Waals surface area (Å²) in [5, 5.41) is 3.51. The predicted molar refractivity (Wildman–Crippen MR) is 72.3 cm³/mol. The Morgan fingerprint density at radius 2 is 2.24 bits per heavy atom. The Labute approximate surface area is 105 Å². The van der Waals surface area contributed by atoms with Gasteiger partial charge in [-0.05, 0) is 37.9 Å². The lowest BCUT2D eigenvalue weighted by Gasteiger charge is -2.12. The van der Waals surface area contributed by atoms with E-state index in [-0.39, 0.29) is 0 Å². The minimum absolute atomic E-state index is 0.426. The summed E-state index contributed by atoms with van der Waals surface area (Å²) in [7, 11) is 1.75. The van der Waals surface area contributed by atoms with Crippen LogP contribution < -0.4 is 5.32 Å². The maximum atomic E-state index is 5.03. The first-order valence-electron chi connectivity index (χ1n) is 6.66. The Morgan fingerprint density at radius 3 is 2.94 bits per heavy atom. The molecule has 0 aliphatic heterocycles. The molecule has 0 saturated heterocycles. The third kappa shape index (κ3) is 5.37. The van der Waals surface area contributed by atoms with E-state index in [0.717, 1.165) is 26.1 Å². The van der Waals surface area contributed by atoms with Gasteiger partial charge in [-0.25, -0.2) is 0 Å². The molecule has 1 atom stereocenters. The molecule has 0 bridgehead atoms. The van der Waals surface area contributed by atoms with Crippen molar-refractivity contribution < 1.29 is 4.74 Å². The highest BCUT2D eigenvalue weighted by Gasteiger charge is 2.05. The zero-order valence-electron chi connectivity index (χ0n) is 11.4. The second kappa shape index (κ2) is 8.31. The van der Waals surface area contributed by atoms with Crippen LogP contribution in [0, 0.1) is 0 Å². The molecule has 0 aliphatic carbocycles. The lowest BCUT2D eigenvalue weighted by Crippen LogP contribution is -2.20. The predicted octanol–water partition coefficient (Wildman–Crippen LogP) is 2.98. The molecule has 0 aliphatic rings. The summed E-state index contributed by atoms with van der Waals surface area (Å²) < 4.78 is 7.32. The van der Waals surface area contributed by atoms with Gasteiger partial charge in [-0.3, -0.25) is 0 Å². The molecule has 0 amide bonds. The Morgan fingerprint density at radius 1 is 1.41 bits per heavy atom. The number of hydrogen-bond acceptors (Lipinski definition) is 2. The van der Waals surface area contributed by atoms with E-state index in [1.807, 2.05) is 0 Å². The van der Waals surface area contributed by atoms with E-state index in [4.69, 9.17) is 4.74 Å². The van der Waals surface area contributed by atoms with Crippen LogP contribution in [0.1, 0.15) is 44.7 Å². The van der Waals surface area contributed by atoms with Crippen molar-refractivity contribution in [1.29, 1.82) is 0 Å². The number of rotatable bonds is 9. The molecular formula is C14H26N2O. The van der Waals surface area contributed by atoms with E-state index in [1.165, 1.54) is 18.4 Å². The lowest BCUT2D eigenvalue weighted by atomic mass is 10.2. The molecule has 1 heterocycles. The van der Waals surface area contributed by atoms with Crippen molar-refractivity contribution in [2.75, 3.05) is 20.3 Å². The molecule has 0 fully saturated rings. The van der Waals surface area contributed by atoms with Gasteiger partial charge >= 0.3 is 0 Å². The SMILES string of the molecule is CCCCn1ccc([C@H](C)NCCCOC)c1. The van der Waals surface area contributed by atoms with Gasteiger partial charge in [0.15, 0.2) is 0 Å². The highest BCUT2D eigenvalue weighted by Crippen LogP contribution is 2.13. The normalized spacial score (nSPS) is 12.9. The summed E-state index contributed by atoms with van der Waals surface area (Å²) in [6.07, 6.45) is 8.00. The van der Waals surface area contributed by atoms with Gasteiger partial charge in [0.05, 0.1) is 0 Å². The van der Waals surface area contributed by atoms with Crippen LogP contribution in [-0.2, 0) is 11.3 Å². The maximum Gasteiger partial charge on any atom is 0.0474 e. The Balaban J connectivity index is 2.30. The average Bonchev–Trinajstić information content (AvgIpc) is 2.80. The molecule has 3 nitrogen and oxygen atoms in total. The highest BCUT2D eigenvalue weighted by atomic mass is 16.5. The Hall–Kier alpha value is -0.800. The topological polar surface area (TPSA) is 26.2 Å². The van der Waals surface area contributed by atoms with Gasteiger partial charge in [0, 0.05) is 38.7 Å². The number of aromatic nitrogens is 1. The van der Waals surface area contributed by atoms with Crippen molar-refractivity contribution >= 4 is 0 Å². The number of aryl methyl sites for hydroxylation is 1. The highest BCUT2D eigenvalue weighted by molar-refractivity contribution is 5.14. The Kier molecular flexibility index (Phi) is 6.97. The van der Waals surface area contributed by atoms with E-state index in [9.17, 15) is 0 Å². The van der Waals surface area contributed by atoms with Crippen LogP contribution >= 0.6 is 0 Å². The number of hydrogen-bond donors (Lipinski definition) is 1. The van der Waals surface area contributed by atoms with Gasteiger partial charge in [0.1, 0.15) is 0 Å². The molecule has 1 rings (SSSR count). The molecule has 0 radical (unpaired) electrons. The lowest BCUT2D eigenvalue weighted by molar-refractivity contribution is 0.193. The number of unbranched alkanes of at least 4 members (excludes halogenated alkanes) is 1. The van der Waals surface area contributed by atoms with E-state index in [1.54, 1.807) is 7.11 Å². The van der Waals surface area contributed by atoms with Crippen LogP contribution in [0.4, 0.5) is 0 Å². The van der Waals surface area contributed by atoms with Crippen molar-refractivity contribution in [2.45, 2.75) is 45.7 Å². The van der Waals surface area contributed by atoms with Crippen LogP contribution in [0.25, 0.3) is 0 Å². The minimum atomic E-state index is 0.426. The number of methoxy groups -OCH3 is 1. The van der Waals surface area contributed by atoms with Crippen LogP contribution in [0.15, 0.2) is 18.5 Å². The fourth-order valence-electron chi connectivity index (χ4n) is 1.85. The van der Waals surface area contributed by atoms with Crippen LogP contribution in [0.2, 0.25) is 0 Å². The number of nitrogens with zero attached hydrogens (tertiary/aromatic N) is 1. The second-order valence-corrected chi connectivity index (χ2v) is 4.56. The minimum Gasteiger partial charge on any atom is -0.385 e. The van der Waals surface area contributed by atoms with Crippen molar-refractivity contribution in [3.63, 3.8) is 0 Å². The first-order valence-corrected chi connectivity index (χ1v) is 6.66. The molecule has 1 aromatic heterocycles. The van der Waals surface area contributed by atoms with Crippen LogP contribution in [0.5, 0.6) is 0 Å². The summed E-state index contributed by atoms with van der Waals surface area (Å²) in [5.41, 5.74) is 1.37. The van der Waals surface area contributed by atoms with Crippen LogP contribution in [-0.4, -0.2) is 24.8 Å². The fourth-order valence-corrected chi connectivity index (χ4v) is 1.85. The zero-order valence-corrected chi connectivity index (χ0v) is 11.4. The molecule has 98 valence electrons. The van der Waals surface area contributed by atoms with E-state index in [0.29, 0.717) is 6.04 Å². The standard InChI is InChI=1S/C14H26N2O/c1-4-5-9-16-10-7-14(12-16)13(2)15-8-6-11-17-3/h7,10,12-13,15H,4-6,8-9,11H2,1-3H3/t13-/m0/s1. The van der Waals surface area contributed by atoms with Gasteiger partial charge in [-0.2, -0.15) is 0 Å². The molecule has 0 saturated carbocycles. The summed E-state index contributed by atoms with van der Waals surface area (Å²) in [6, 6.07) is 2.64. The monoisotopic (exact) mass is 238 g/mol. The molecule has 3 heteroatoms. The summed E-state index contributed by atoms with van der Waals surface area (Å²) in [6.45, 7) is 7.41. The Bertz CT molecular complexity index is 296. The zero-order chi connectivity index (χ0) is 12.5. The number of ether oxygens (including phenoxy) is 1. The van der Waals surface area contributed by atoms with Crippen molar-refractivity contribution in [3.8, 4) is 0 Å². The van der Waals surface area contributed by atoms with Gasteiger partial charge in [-0.15, -0.1) is 0 Å². The fraction of sp³-hybridized carbons (Fsp3) is 0.714. The van der Waals surface area contributed by atoms with Gasteiger partial charge in [0.2, 0.25) is 0 Å². The molecular weight excluding hydrogens is 212 g/mol. The average molecular weight is 238 g/mol. The number of nitrogens with one attached hydrogen (secondary N) is 1. The molecule has 17 heavy (non-hydrogen) atoms.